The third kappa shape index (κ3) is 4.09. The second kappa shape index (κ2) is 9.25. The number of ketones is 2. The summed E-state index contributed by atoms with van der Waals surface area (Å²) in [5.74, 6) is -0.873. The van der Waals surface area contributed by atoms with Crippen LogP contribution in [0.25, 0.3) is 0 Å². The molecular formula is C30H42O6. The fourth-order valence-corrected chi connectivity index (χ4v) is 8.64. The maximum Gasteiger partial charge on any atom is 0.331 e. The molecule has 0 aromatic rings. The van der Waals surface area contributed by atoms with Gasteiger partial charge in [0.25, 0.3) is 0 Å². The molecule has 198 valence electrons. The molecule has 0 aliphatic heterocycles. The van der Waals surface area contributed by atoms with Gasteiger partial charge in [-0.05, 0) is 77.8 Å². The number of ether oxygens (including phenoxy) is 1. The lowest BCUT2D eigenvalue weighted by molar-refractivity contribution is -0.172. The lowest BCUT2D eigenvalue weighted by atomic mass is 9.38. The van der Waals surface area contributed by atoms with Crippen molar-refractivity contribution in [3.8, 4) is 0 Å². The van der Waals surface area contributed by atoms with Crippen LogP contribution in [0, 0.1) is 39.9 Å². The number of carboxylic acid groups (broad SMARTS) is 1. The zero-order valence-corrected chi connectivity index (χ0v) is 22.7. The number of carbonyl (C=O) groups is 4. The van der Waals surface area contributed by atoms with Gasteiger partial charge in [-0.15, -0.1) is 0 Å². The van der Waals surface area contributed by atoms with Crippen molar-refractivity contribution in [1.82, 2.24) is 0 Å². The van der Waals surface area contributed by atoms with Crippen LogP contribution in [0.15, 0.2) is 23.3 Å². The number of aliphatic carboxylic acids is 1. The largest absolute Gasteiger partial charge is 0.478 e. The molecule has 0 heterocycles. The predicted octanol–water partition coefficient (Wildman–Crippen LogP) is 5.69. The molecule has 7 atom stereocenters. The number of allylic oxidation sites excluding steroid dienone is 2. The molecule has 0 aromatic carbocycles. The first-order chi connectivity index (χ1) is 16.7. The fourth-order valence-electron chi connectivity index (χ4n) is 8.64. The van der Waals surface area contributed by atoms with Crippen molar-refractivity contribution in [2.45, 2.75) is 99.0 Å². The zero-order chi connectivity index (χ0) is 26.6. The van der Waals surface area contributed by atoms with E-state index in [1.54, 1.807) is 6.08 Å². The zero-order valence-electron chi connectivity index (χ0n) is 22.7. The standard InChI is InChI=1S/C30H42O6/c1-17(2)8-7-9-20(27(34)35)26-21-10-11-25-28(4)13-12-19(32)14-22(28)23(33)15-30(25,6)29(21,5)16-24(26)36-18(3)31/h12-13,17,21-22,24-25H,7-11,14-16H2,1-6H3,(H,34,35). The highest BCUT2D eigenvalue weighted by Crippen LogP contribution is 2.72. The number of carboxylic acids is 1. The molecule has 7 unspecified atom stereocenters. The van der Waals surface area contributed by atoms with Gasteiger partial charge < -0.3 is 9.84 Å². The van der Waals surface area contributed by atoms with Crippen LogP contribution in [-0.4, -0.2) is 34.7 Å². The third-order valence-corrected chi connectivity index (χ3v) is 10.5. The van der Waals surface area contributed by atoms with Gasteiger partial charge in [-0.3, -0.25) is 14.4 Å². The summed E-state index contributed by atoms with van der Waals surface area (Å²) >= 11 is 0. The second-order valence-corrected chi connectivity index (χ2v) is 12.9. The molecule has 6 nitrogen and oxygen atoms in total. The molecule has 4 aliphatic carbocycles. The number of carbonyl (C=O) groups excluding carboxylic acids is 3. The quantitative estimate of drug-likeness (QED) is 0.373. The van der Waals surface area contributed by atoms with E-state index < -0.39 is 34.3 Å². The minimum Gasteiger partial charge on any atom is -0.478 e. The van der Waals surface area contributed by atoms with E-state index in [1.807, 2.05) is 6.08 Å². The summed E-state index contributed by atoms with van der Waals surface area (Å²) < 4.78 is 5.83. The first kappa shape index (κ1) is 26.8. The van der Waals surface area contributed by atoms with Gasteiger partial charge in [-0.1, -0.05) is 47.1 Å². The van der Waals surface area contributed by atoms with Gasteiger partial charge in [0.05, 0.1) is 0 Å². The van der Waals surface area contributed by atoms with E-state index in [0.717, 1.165) is 31.3 Å². The lowest BCUT2D eigenvalue weighted by Gasteiger charge is -2.64. The SMILES string of the molecule is CC(=O)OC1CC2(C)C(CCC3C4(C)C=CC(=O)CC4C(=O)CC32C)C1=C(CCCC(C)C)C(=O)O. The Morgan fingerprint density at radius 2 is 1.81 bits per heavy atom. The molecule has 4 aliphatic rings. The molecule has 0 bridgehead atoms. The summed E-state index contributed by atoms with van der Waals surface area (Å²) in [6.45, 7) is 12.2. The van der Waals surface area contributed by atoms with E-state index in [-0.39, 0.29) is 35.7 Å². The van der Waals surface area contributed by atoms with Crippen LogP contribution in [0.1, 0.15) is 92.9 Å². The number of hydrogen-bond acceptors (Lipinski definition) is 5. The second-order valence-electron chi connectivity index (χ2n) is 12.9. The topological polar surface area (TPSA) is 97.7 Å². The van der Waals surface area contributed by atoms with Gasteiger partial charge in [-0.2, -0.15) is 0 Å². The summed E-state index contributed by atoms with van der Waals surface area (Å²) in [6.07, 6.45) is 8.05. The molecule has 3 saturated carbocycles. The summed E-state index contributed by atoms with van der Waals surface area (Å²) in [4.78, 5) is 50.5. The Morgan fingerprint density at radius 1 is 1.11 bits per heavy atom. The normalized spacial score (nSPS) is 41.0. The minimum atomic E-state index is -0.928. The molecule has 0 aromatic heterocycles. The van der Waals surface area contributed by atoms with Gasteiger partial charge >= 0.3 is 11.9 Å². The van der Waals surface area contributed by atoms with E-state index in [1.165, 1.54) is 6.92 Å². The maximum absolute atomic E-state index is 13.6. The number of Topliss-reactive ketones (excluding diaryl/α,β-unsaturated/α-hetero) is 1. The highest BCUT2D eigenvalue weighted by Gasteiger charge is 2.69. The van der Waals surface area contributed by atoms with Crippen molar-refractivity contribution in [1.29, 1.82) is 0 Å². The molecule has 0 amide bonds. The Bertz CT molecular complexity index is 1040. The van der Waals surface area contributed by atoms with Crippen LogP contribution in [0.4, 0.5) is 0 Å². The van der Waals surface area contributed by atoms with Crippen molar-refractivity contribution >= 4 is 23.5 Å². The predicted molar refractivity (Wildman–Crippen MR) is 136 cm³/mol. The first-order valence-corrected chi connectivity index (χ1v) is 13.6. The molecule has 3 fully saturated rings. The molecule has 0 radical (unpaired) electrons. The average Bonchev–Trinajstić information content (AvgIpc) is 3.04. The lowest BCUT2D eigenvalue weighted by Crippen LogP contribution is -2.61. The Morgan fingerprint density at radius 3 is 2.42 bits per heavy atom. The Kier molecular flexibility index (Phi) is 6.89. The van der Waals surface area contributed by atoms with E-state index in [2.05, 4.69) is 34.6 Å². The maximum atomic E-state index is 13.6. The number of esters is 1. The van der Waals surface area contributed by atoms with Crippen molar-refractivity contribution in [2.24, 2.45) is 39.9 Å². The van der Waals surface area contributed by atoms with Crippen molar-refractivity contribution in [3.63, 3.8) is 0 Å². The van der Waals surface area contributed by atoms with Crippen molar-refractivity contribution in [3.05, 3.63) is 23.3 Å². The highest BCUT2D eigenvalue weighted by molar-refractivity contribution is 5.97. The van der Waals surface area contributed by atoms with Crippen LogP contribution in [-0.2, 0) is 23.9 Å². The molecular weight excluding hydrogens is 456 g/mol. The fraction of sp³-hybridized carbons (Fsp3) is 0.733. The molecule has 0 spiro atoms. The highest BCUT2D eigenvalue weighted by atomic mass is 16.5. The molecule has 36 heavy (non-hydrogen) atoms. The van der Waals surface area contributed by atoms with Gasteiger partial charge in [-0.25, -0.2) is 4.79 Å². The molecule has 6 heteroatoms. The summed E-state index contributed by atoms with van der Waals surface area (Å²) in [7, 11) is 0. The van der Waals surface area contributed by atoms with Crippen LogP contribution >= 0.6 is 0 Å². The molecule has 0 saturated heterocycles. The Balaban J connectivity index is 1.81. The summed E-state index contributed by atoms with van der Waals surface area (Å²) in [5.41, 5.74) is -0.0273. The summed E-state index contributed by atoms with van der Waals surface area (Å²) in [5, 5.41) is 10.3. The van der Waals surface area contributed by atoms with Crippen molar-refractivity contribution < 1.29 is 29.0 Å². The first-order valence-electron chi connectivity index (χ1n) is 13.6. The van der Waals surface area contributed by atoms with Gasteiger partial charge in [0, 0.05) is 31.3 Å². The Hall–Kier alpha value is -2.24. The number of fused-ring (bicyclic) bond motifs is 5. The van der Waals surface area contributed by atoms with Gasteiger partial charge in [0.1, 0.15) is 11.9 Å². The van der Waals surface area contributed by atoms with Crippen LogP contribution in [0.2, 0.25) is 0 Å². The molecule has 1 N–H and O–H groups in total. The number of rotatable bonds is 6. The minimum absolute atomic E-state index is 0.0165. The third-order valence-electron chi connectivity index (χ3n) is 10.5. The van der Waals surface area contributed by atoms with E-state index in [0.29, 0.717) is 30.8 Å². The van der Waals surface area contributed by atoms with Crippen LogP contribution < -0.4 is 0 Å². The Labute approximate surface area is 214 Å². The van der Waals surface area contributed by atoms with E-state index >= 15 is 0 Å². The van der Waals surface area contributed by atoms with Crippen LogP contribution in [0.5, 0.6) is 0 Å². The average molecular weight is 499 g/mol. The van der Waals surface area contributed by atoms with Crippen LogP contribution in [0.3, 0.4) is 0 Å². The molecule has 4 rings (SSSR count). The smallest absolute Gasteiger partial charge is 0.331 e. The van der Waals surface area contributed by atoms with E-state index in [4.69, 9.17) is 4.74 Å². The van der Waals surface area contributed by atoms with Gasteiger partial charge in [0.2, 0.25) is 0 Å². The van der Waals surface area contributed by atoms with E-state index in [9.17, 15) is 24.3 Å². The monoisotopic (exact) mass is 498 g/mol. The van der Waals surface area contributed by atoms with Gasteiger partial charge in [0.15, 0.2) is 5.78 Å². The number of hydrogen-bond donors (Lipinski definition) is 1. The summed E-state index contributed by atoms with van der Waals surface area (Å²) in [6, 6.07) is 0. The van der Waals surface area contributed by atoms with Crippen molar-refractivity contribution in [2.75, 3.05) is 0 Å².